The van der Waals surface area contributed by atoms with Crippen LogP contribution in [0.1, 0.15) is 79.6 Å². The summed E-state index contributed by atoms with van der Waals surface area (Å²) in [4.78, 5) is 20.1. The summed E-state index contributed by atoms with van der Waals surface area (Å²) in [6, 6.07) is 8.69. The fourth-order valence-corrected chi connectivity index (χ4v) is 6.24. The van der Waals surface area contributed by atoms with Gasteiger partial charge >= 0.3 is 0 Å². The van der Waals surface area contributed by atoms with Gasteiger partial charge in [-0.25, -0.2) is 0 Å². The molecule has 0 spiro atoms. The first kappa shape index (κ1) is 21.6. The maximum Gasteiger partial charge on any atom is 0.254 e. The van der Waals surface area contributed by atoms with Gasteiger partial charge in [0.15, 0.2) is 0 Å². The van der Waals surface area contributed by atoms with Crippen molar-refractivity contribution in [2.24, 2.45) is 5.41 Å². The highest BCUT2D eigenvalue weighted by molar-refractivity contribution is 6.00. The zero-order chi connectivity index (χ0) is 23.3. The summed E-state index contributed by atoms with van der Waals surface area (Å²) in [5.74, 6) is 0.152. The highest BCUT2D eigenvalue weighted by atomic mass is 16.2. The van der Waals surface area contributed by atoms with Crippen LogP contribution in [0.25, 0.3) is 22.4 Å². The molecule has 0 unspecified atom stereocenters. The van der Waals surface area contributed by atoms with Gasteiger partial charge in [0, 0.05) is 53.8 Å². The molecule has 2 aromatic heterocycles. The fourth-order valence-electron chi connectivity index (χ4n) is 6.24. The van der Waals surface area contributed by atoms with Crippen molar-refractivity contribution >= 4 is 5.91 Å². The molecule has 5 nitrogen and oxygen atoms in total. The van der Waals surface area contributed by atoms with Gasteiger partial charge in [-0.05, 0) is 67.2 Å². The van der Waals surface area contributed by atoms with Crippen molar-refractivity contribution in [3.63, 3.8) is 0 Å². The van der Waals surface area contributed by atoms with Crippen molar-refractivity contribution in [1.29, 1.82) is 0 Å². The number of nitrogens with zero attached hydrogens (tertiary/aromatic N) is 4. The Labute approximate surface area is 202 Å². The molecule has 1 aromatic carbocycles. The van der Waals surface area contributed by atoms with Gasteiger partial charge in [-0.2, -0.15) is 5.10 Å². The zero-order valence-electron chi connectivity index (χ0n) is 20.4. The highest BCUT2D eigenvalue weighted by Gasteiger charge is 2.30. The van der Waals surface area contributed by atoms with Gasteiger partial charge in [0.05, 0.1) is 11.9 Å². The van der Waals surface area contributed by atoms with Crippen LogP contribution < -0.4 is 0 Å². The predicted octanol–water partition coefficient (Wildman–Crippen LogP) is 6.05. The molecular weight excluding hydrogens is 420 g/mol. The van der Waals surface area contributed by atoms with Crippen molar-refractivity contribution in [3.05, 3.63) is 59.0 Å². The summed E-state index contributed by atoms with van der Waals surface area (Å²) in [5, 5.41) is 4.76. The van der Waals surface area contributed by atoms with Crippen LogP contribution in [0.4, 0.5) is 0 Å². The SMILES string of the molecule is CCCN1Cc2ccc(-c3nc4c(cc3-c3cnn(CC5(C)CCCC5)c3)CCC4)cc2C1=O. The maximum absolute atomic E-state index is 13.0. The monoisotopic (exact) mass is 454 g/mol. The molecule has 0 atom stereocenters. The number of carbonyl (C=O) groups excluding carboxylic acids is 1. The first-order chi connectivity index (χ1) is 16.5. The molecule has 3 aliphatic rings. The van der Waals surface area contributed by atoms with E-state index in [1.54, 1.807) is 0 Å². The standard InChI is InChI=1S/C29H34N4O/c1-3-13-32-17-22-10-9-21(15-25(22)28(32)34)27-24(14-20-7-6-8-26(20)31-27)23-16-30-33(18-23)19-29(2)11-4-5-12-29/h9-10,14-16,18H,3-8,11-13,17,19H2,1-2H3. The first-order valence-electron chi connectivity index (χ1n) is 13.0. The Balaban J connectivity index is 1.39. The minimum Gasteiger partial charge on any atom is -0.334 e. The van der Waals surface area contributed by atoms with Crippen molar-refractivity contribution in [1.82, 2.24) is 19.7 Å². The summed E-state index contributed by atoms with van der Waals surface area (Å²) in [6.45, 7) is 7.02. The number of hydrogen-bond acceptors (Lipinski definition) is 3. The van der Waals surface area contributed by atoms with E-state index in [9.17, 15) is 4.79 Å². The fraction of sp³-hybridized carbons (Fsp3) is 0.483. The van der Waals surface area contributed by atoms with E-state index in [0.29, 0.717) is 5.41 Å². The molecule has 3 heterocycles. The molecule has 176 valence electrons. The molecule has 1 saturated carbocycles. The molecule has 5 heteroatoms. The van der Waals surface area contributed by atoms with Gasteiger partial charge in [-0.15, -0.1) is 0 Å². The second-order valence-electron chi connectivity index (χ2n) is 10.9. The minimum atomic E-state index is 0.152. The number of carbonyl (C=O) groups is 1. The van der Waals surface area contributed by atoms with Gasteiger partial charge in [0.2, 0.25) is 0 Å². The van der Waals surface area contributed by atoms with Crippen molar-refractivity contribution in [2.45, 2.75) is 78.3 Å². The van der Waals surface area contributed by atoms with Crippen LogP contribution in [0.5, 0.6) is 0 Å². The lowest BCUT2D eigenvalue weighted by atomic mass is 9.89. The number of hydrogen-bond donors (Lipinski definition) is 0. The second-order valence-corrected chi connectivity index (χ2v) is 10.9. The molecule has 0 N–H and O–H groups in total. The number of benzene rings is 1. The number of amides is 1. The molecule has 34 heavy (non-hydrogen) atoms. The summed E-state index contributed by atoms with van der Waals surface area (Å²) in [6.07, 6.45) is 13.7. The molecule has 0 bridgehead atoms. The smallest absolute Gasteiger partial charge is 0.254 e. The Morgan fingerprint density at radius 2 is 1.85 bits per heavy atom. The van der Waals surface area contributed by atoms with Crippen LogP contribution in [0.2, 0.25) is 0 Å². The van der Waals surface area contributed by atoms with Crippen LogP contribution in [-0.2, 0) is 25.9 Å². The van der Waals surface area contributed by atoms with Gasteiger partial charge < -0.3 is 4.90 Å². The second kappa shape index (κ2) is 8.37. The van der Waals surface area contributed by atoms with E-state index < -0.39 is 0 Å². The van der Waals surface area contributed by atoms with E-state index >= 15 is 0 Å². The number of fused-ring (bicyclic) bond motifs is 2. The Kier molecular flexibility index (Phi) is 5.31. The van der Waals surface area contributed by atoms with Gasteiger partial charge in [-0.3, -0.25) is 14.5 Å². The van der Waals surface area contributed by atoms with E-state index in [1.807, 2.05) is 11.1 Å². The van der Waals surface area contributed by atoms with E-state index in [1.165, 1.54) is 36.9 Å². The third kappa shape index (κ3) is 3.75. The largest absolute Gasteiger partial charge is 0.334 e. The van der Waals surface area contributed by atoms with Gasteiger partial charge in [-0.1, -0.05) is 38.8 Å². The van der Waals surface area contributed by atoms with Crippen LogP contribution in [0.3, 0.4) is 0 Å². The average molecular weight is 455 g/mol. The van der Waals surface area contributed by atoms with Crippen LogP contribution in [0.15, 0.2) is 36.7 Å². The number of rotatable bonds is 6. The lowest BCUT2D eigenvalue weighted by Crippen LogP contribution is -2.24. The van der Waals surface area contributed by atoms with Crippen LogP contribution >= 0.6 is 0 Å². The zero-order valence-corrected chi connectivity index (χ0v) is 20.4. The summed E-state index contributed by atoms with van der Waals surface area (Å²) >= 11 is 0. The lowest BCUT2D eigenvalue weighted by Gasteiger charge is -2.23. The predicted molar refractivity (Wildman–Crippen MR) is 135 cm³/mol. The summed E-state index contributed by atoms with van der Waals surface area (Å²) in [5.41, 5.74) is 9.17. The number of aromatic nitrogens is 3. The summed E-state index contributed by atoms with van der Waals surface area (Å²) in [7, 11) is 0. The van der Waals surface area contributed by atoms with Crippen molar-refractivity contribution < 1.29 is 4.79 Å². The Bertz CT molecular complexity index is 1250. The molecule has 1 aliphatic heterocycles. The van der Waals surface area contributed by atoms with Gasteiger partial charge in [0.1, 0.15) is 0 Å². The van der Waals surface area contributed by atoms with E-state index in [0.717, 1.165) is 78.8 Å². The van der Waals surface area contributed by atoms with E-state index in [2.05, 4.69) is 49.0 Å². The van der Waals surface area contributed by atoms with Crippen LogP contribution in [-0.4, -0.2) is 32.1 Å². The molecular formula is C29H34N4O. The van der Waals surface area contributed by atoms with Crippen LogP contribution in [0, 0.1) is 5.41 Å². The molecule has 1 amide bonds. The lowest BCUT2D eigenvalue weighted by molar-refractivity contribution is 0.0778. The molecule has 0 saturated heterocycles. The quantitative estimate of drug-likeness (QED) is 0.456. The third-order valence-corrected chi connectivity index (χ3v) is 8.11. The number of aryl methyl sites for hydroxylation is 2. The topological polar surface area (TPSA) is 51.0 Å². The molecule has 6 rings (SSSR count). The molecule has 1 fully saturated rings. The number of pyridine rings is 1. The minimum absolute atomic E-state index is 0.152. The third-order valence-electron chi connectivity index (χ3n) is 8.11. The van der Waals surface area contributed by atoms with E-state index in [-0.39, 0.29) is 5.91 Å². The Hall–Kier alpha value is -2.95. The average Bonchev–Trinajstić information content (AvgIpc) is 3.62. The van der Waals surface area contributed by atoms with E-state index in [4.69, 9.17) is 10.1 Å². The molecule has 3 aromatic rings. The normalized spacial score (nSPS) is 18.5. The van der Waals surface area contributed by atoms with Gasteiger partial charge in [0.25, 0.3) is 5.91 Å². The molecule has 2 aliphatic carbocycles. The first-order valence-corrected chi connectivity index (χ1v) is 13.0. The highest BCUT2D eigenvalue weighted by Crippen LogP contribution is 2.40. The summed E-state index contributed by atoms with van der Waals surface area (Å²) < 4.78 is 2.13. The van der Waals surface area contributed by atoms with Crippen molar-refractivity contribution in [2.75, 3.05) is 6.54 Å². The Morgan fingerprint density at radius 3 is 2.68 bits per heavy atom. The van der Waals surface area contributed by atoms with Crippen molar-refractivity contribution in [3.8, 4) is 22.4 Å². The Morgan fingerprint density at radius 1 is 1.00 bits per heavy atom. The maximum atomic E-state index is 13.0. The molecule has 0 radical (unpaired) electrons.